The fourth-order valence-electron chi connectivity index (χ4n) is 3.04. The van der Waals surface area contributed by atoms with Crippen LogP contribution in [0.2, 0.25) is 0 Å². The van der Waals surface area contributed by atoms with E-state index in [1.807, 2.05) is 30.3 Å². The molecule has 1 atom stereocenters. The molecule has 1 fully saturated rings. The number of benzene rings is 1. The number of amides is 1. The summed E-state index contributed by atoms with van der Waals surface area (Å²) in [5.41, 5.74) is 1.13. The van der Waals surface area contributed by atoms with Crippen LogP contribution >= 0.6 is 12.4 Å². The van der Waals surface area contributed by atoms with Crippen LogP contribution in [0.15, 0.2) is 54.9 Å². The maximum absolute atomic E-state index is 12.2. The maximum Gasteiger partial charge on any atom is 0.314 e. The van der Waals surface area contributed by atoms with E-state index in [-0.39, 0.29) is 31.0 Å². The number of aromatic nitrogens is 1. The molecule has 0 bridgehead atoms. The van der Waals surface area contributed by atoms with E-state index in [1.165, 1.54) is 0 Å². The molecule has 1 amide bonds. The molecule has 0 saturated carbocycles. The first-order valence-corrected chi connectivity index (χ1v) is 8.61. The number of carbonyl (C=O) groups is 2. The third kappa shape index (κ3) is 5.94. The SMILES string of the molecule is Cl.O=CNC(CC(=O)Oc1ccccc1)N1CCN(c2ccncc2)CC1. The van der Waals surface area contributed by atoms with Gasteiger partial charge >= 0.3 is 5.97 Å². The van der Waals surface area contributed by atoms with Crippen LogP contribution in [0.1, 0.15) is 6.42 Å². The molecule has 1 N–H and O–H groups in total. The molecular weight excluding hydrogens is 368 g/mol. The Morgan fingerprint density at radius 2 is 1.78 bits per heavy atom. The highest BCUT2D eigenvalue weighted by atomic mass is 35.5. The minimum atomic E-state index is -0.372. The topological polar surface area (TPSA) is 74.8 Å². The summed E-state index contributed by atoms with van der Waals surface area (Å²) >= 11 is 0. The number of anilines is 1. The van der Waals surface area contributed by atoms with Crippen molar-refractivity contribution in [3.63, 3.8) is 0 Å². The first-order valence-electron chi connectivity index (χ1n) is 8.61. The molecule has 0 spiro atoms. The number of pyridine rings is 1. The van der Waals surface area contributed by atoms with E-state index >= 15 is 0 Å². The predicted molar refractivity (Wildman–Crippen MR) is 105 cm³/mol. The van der Waals surface area contributed by atoms with Gasteiger partial charge in [-0.3, -0.25) is 19.5 Å². The molecule has 2 heterocycles. The number of rotatable bonds is 7. The zero-order valence-electron chi connectivity index (χ0n) is 14.9. The Kier molecular flexibility index (Phi) is 8.03. The smallest absolute Gasteiger partial charge is 0.314 e. The molecule has 27 heavy (non-hydrogen) atoms. The van der Waals surface area contributed by atoms with Gasteiger partial charge in [-0.05, 0) is 24.3 Å². The summed E-state index contributed by atoms with van der Waals surface area (Å²) in [6.45, 7) is 3.11. The van der Waals surface area contributed by atoms with Crippen LogP contribution in [0.5, 0.6) is 5.75 Å². The van der Waals surface area contributed by atoms with Crippen LogP contribution in [0.25, 0.3) is 0 Å². The molecule has 144 valence electrons. The van der Waals surface area contributed by atoms with Gasteiger partial charge in [-0.1, -0.05) is 18.2 Å². The molecule has 1 unspecified atom stereocenters. The zero-order chi connectivity index (χ0) is 18.2. The van der Waals surface area contributed by atoms with E-state index in [1.54, 1.807) is 24.5 Å². The van der Waals surface area contributed by atoms with Crippen molar-refractivity contribution in [2.24, 2.45) is 0 Å². The minimum absolute atomic E-state index is 0. The Morgan fingerprint density at radius 1 is 1.11 bits per heavy atom. The van der Waals surface area contributed by atoms with Crippen molar-refractivity contribution in [1.82, 2.24) is 15.2 Å². The lowest BCUT2D eigenvalue weighted by molar-refractivity contribution is -0.136. The Balaban J connectivity index is 0.00000261. The number of carbonyl (C=O) groups excluding carboxylic acids is 2. The lowest BCUT2D eigenvalue weighted by atomic mass is 10.2. The average Bonchev–Trinajstić information content (AvgIpc) is 2.69. The van der Waals surface area contributed by atoms with Crippen molar-refractivity contribution in [2.45, 2.75) is 12.6 Å². The molecule has 0 aliphatic carbocycles. The standard InChI is InChI=1S/C19H22N4O3.ClH/c24-15-21-18(14-19(25)26-17-4-2-1-3-5-17)23-12-10-22(11-13-23)16-6-8-20-9-7-16;/h1-9,15,18H,10-14H2,(H,21,24);1H. The van der Waals surface area contributed by atoms with Gasteiger partial charge in [-0.15, -0.1) is 12.4 Å². The number of nitrogens with zero attached hydrogens (tertiary/aromatic N) is 3. The minimum Gasteiger partial charge on any atom is -0.426 e. The number of esters is 1. The molecule has 3 rings (SSSR count). The monoisotopic (exact) mass is 390 g/mol. The molecule has 8 heteroatoms. The van der Waals surface area contributed by atoms with Gasteiger partial charge in [-0.2, -0.15) is 0 Å². The normalized spacial score (nSPS) is 15.3. The summed E-state index contributed by atoms with van der Waals surface area (Å²) in [5.74, 6) is 0.136. The van der Waals surface area contributed by atoms with E-state index in [0.717, 1.165) is 31.9 Å². The average molecular weight is 391 g/mol. The molecule has 1 aliphatic heterocycles. The quantitative estimate of drug-likeness (QED) is 0.440. The van der Waals surface area contributed by atoms with Crippen molar-refractivity contribution in [2.75, 3.05) is 31.1 Å². The lowest BCUT2D eigenvalue weighted by Gasteiger charge is -2.39. The molecule has 2 aromatic rings. The van der Waals surface area contributed by atoms with Crippen molar-refractivity contribution in [3.05, 3.63) is 54.9 Å². The second kappa shape index (κ2) is 10.5. The fraction of sp³-hybridized carbons (Fsp3) is 0.316. The zero-order valence-corrected chi connectivity index (χ0v) is 15.7. The van der Waals surface area contributed by atoms with Crippen molar-refractivity contribution >= 4 is 30.5 Å². The van der Waals surface area contributed by atoms with Gasteiger partial charge in [0.15, 0.2) is 0 Å². The molecule has 1 aromatic heterocycles. The van der Waals surface area contributed by atoms with E-state index in [2.05, 4.69) is 20.1 Å². The number of hydrogen-bond acceptors (Lipinski definition) is 6. The van der Waals surface area contributed by atoms with Crippen LogP contribution < -0.4 is 15.0 Å². The van der Waals surface area contributed by atoms with Crippen molar-refractivity contribution in [3.8, 4) is 5.75 Å². The van der Waals surface area contributed by atoms with E-state index in [9.17, 15) is 9.59 Å². The molecule has 7 nitrogen and oxygen atoms in total. The number of hydrogen-bond donors (Lipinski definition) is 1. The predicted octanol–water partition coefficient (Wildman–Crippen LogP) is 1.69. The Bertz CT molecular complexity index is 709. The van der Waals surface area contributed by atoms with E-state index in [0.29, 0.717) is 12.2 Å². The first-order chi connectivity index (χ1) is 12.8. The van der Waals surface area contributed by atoms with Crippen LogP contribution in [-0.2, 0) is 9.59 Å². The molecule has 1 aliphatic rings. The number of para-hydroxylation sites is 1. The third-order valence-corrected chi connectivity index (χ3v) is 4.38. The second-order valence-electron chi connectivity index (χ2n) is 6.02. The van der Waals surface area contributed by atoms with Gasteiger partial charge in [0.2, 0.25) is 6.41 Å². The molecule has 0 radical (unpaired) electrons. The lowest BCUT2D eigenvalue weighted by Crippen LogP contribution is -2.55. The van der Waals surface area contributed by atoms with Crippen molar-refractivity contribution in [1.29, 1.82) is 0 Å². The van der Waals surface area contributed by atoms with E-state index < -0.39 is 0 Å². The molecule has 1 aromatic carbocycles. The number of piperazine rings is 1. The van der Waals surface area contributed by atoms with Gasteiger partial charge in [0, 0.05) is 44.3 Å². The Morgan fingerprint density at radius 3 is 2.41 bits per heavy atom. The van der Waals surface area contributed by atoms with Crippen LogP contribution in [0.4, 0.5) is 5.69 Å². The number of nitrogens with one attached hydrogen (secondary N) is 1. The van der Waals surface area contributed by atoms with Crippen LogP contribution in [0.3, 0.4) is 0 Å². The maximum atomic E-state index is 12.2. The van der Waals surface area contributed by atoms with Gasteiger partial charge in [0.05, 0.1) is 12.6 Å². The first kappa shape index (κ1) is 20.7. The molecule has 1 saturated heterocycles. The number of halogens is 1. The van der Waals surface area contributed by atoms with Crippen LogP contribution in [0, 0.1) is 0 Å². The number of ether oxygens (including phenoxy) is 1. The highest BCUT2D eigenvalue weighted by molar-refractivity contribution is 5.85. The van der Waals surface area contributed by atoms with Gasteiger partial charge in [-0.25, -0.2) is 0 Å². The van der Waals surface area contributed by atoms with E-state index in [4.69, 9.17) is 4.74 Å². The summed E-state index contributed by atoms with van der Waals surface area (Å²) in [5, 5.41) is 2.74. The van der Waals surface area contributed by atoms with Gasteiger partial charge in [0.1, 0.15) is 5.75 Å². The highest BCUT2D eigenvalue weighted by Crippen LogP contribution is 2.17. The van der Waals surface area contributed by atoms with Crippen molar-refractivity contribution < 1.29 is 14.3 Å². The summed E-state index contributed by atoms with van der Waals surface area (Å²) < 4.78 is 5.33. The van der Waals surface area contributed by atoms with Gasteiger partial charge in [0.25, 0.3) is 0 Å². The Labute approximate surface area is 164 Å². The molecular formula is C19H23ClN4O3. The summed E-state index contributed by atoms with van der Waals surface area (Å²) in [6.07, 6.45) is 3.91. The largest absolute Gasteiger partial charge is 0.426 e. The second-order valence-corrected chi connectivity index (χ2v) is 6.02. The summed E-state index contributed by atoms with van der Waals surface area (Å²) in [4.78, 5) is 31.6. The third-order valence-electron chi connectivity index (χ3n) is 4.38. The summed E-state index contributed by atoms with van der Waals surface area (Å²) in [7, 11) is 0. The van der Waals surface area contributed by atoms with Crippen LogP contribution in [-0.4, -0.2) is 54.6 Å². The van der Waals surface area contributed by atoms with Gasteiger partial charge < -0.3 is 15.0 Å². The highest BCUT2D eigenvalue weighted by Gasteiger charge is 2.26. The summed E-state index contributed by atoms with van der Waals surface area (Å²) in [6, 6.07) is 12.9. The Hall–Kier alpha value is -2.64. The fourth-order valence-corrected chi connectivity index (χ4v) is 3.04.